The van der Waals surface area contributed by atoms with Crippen LogP contribution in [-0.4, -0.2) is 41.6 Å². The monoisotopic (exact) mass is 282 g/mol. The summed E-state index contributed by atoms with van der Waals surface area (Å²) in [5.74, 6) is 0.865. The molecule has 0 bridgehead atoms. The summed E-state index contributed by atoms with van der Waals surface area (Å²) >= 11 is 0. The Labute approximate surface area is 120 Å². The Morgan fingerprint density at radius 1 is 1.20 bits per heavy atom. The molecule has 2 amide bonds. The van der Waals surface area contributed by atoms with Gasteiger partial charge in [-0.2, -0.15) is 0 Å². The van der Waals surface area contributed by atoms with Gasteiger partial charge in [0, 0.05) is 13.1 Å². The van der Waals surface area contributed by atoms with Crippen molar-refractivity contribution in [3.8, 4) is 0 Å². The van der Waals surface area contributed by atoms with E-state index in [0.717, 1.165) is 18.8 Å². The lowest BCUT2D eigenvalue weighted by atomic mass is 9.82. The number of carboxylic acids is 1. The van der Waals surface area contributed by atoms with Gasteiger partial charge in [0.15, 0.2) is 0 Å². The van der Waals surface area contributed by atoms with E-state index in [1.54, 1.807) is 0 Å². The first-order valence-electron chi connectivity index (χ1n) is 7.79. The van der Waals surface area contributed by atoms with E-state index in [1.165, 1.54) is 30.6 Å². The molecule has 0 aliphatic heterocycles. The summed E-state index contributed by atoms with van der Waals surface area (Å²) in [5, 5.41) is 11.8. The first kappa shape index (κ1) is 15.1. The molecule has 114 valence electrons. The summed E-state index contributed by atoms with van der Waals surface area (Å²) in [7, 11) is 0. The maximum Gasteiger partial charge on any atom is 0.323 e. The molecule has 5 heteroatoms. The third-order valence-electron chi connectivity index (χ3n) is 4.38. The molecular formula is C15H26N2O3. The van der Waals surface area contributed by atoms with Crippen molar-refractivity contribution in [3.05, 3.63) is 0 Å². The lowest BCUT2D eigenvalue weighted by Crippen LogP contribution is -2.45. The van der Waals surface area contributed by atoms with Crippen molar-refractivity contribution in [2.75, 3.05) is 19.6 Å². The summed E-state index contributed by atoms with van der Waals surface area (Å²) in [6, 6.07) is -0.211. The molecule has 5 nitrogen and oxygen atoms in total. The molecule has 2 N–H and O–H groups in total. The average molecular weight is 282 g/mol. The van der Waals surface area contributed by atoms with E-state index in [4.69, 9.17) is 5.11 Å². The highest BCUT2D eigenvalue weighted by Crippen LogP contribution is 2.30. The Hall–Kier alpha value is -1.26. The largest absolute Gasteiger partial charge is 0.480 e. The molecule has 2 fully saturated rings. The molecule has 0 aromatic carbocycles. The maximum absolute atomic E-state index is 12.1. The van der Waals surface area contributed by atoms with Crippen LogP contribution >= 0.6 is 0 Å². The lowest BCUT2D eigenvalue weighted by Gasteiger charge is -2.28. The third-order valence-corrected chi connectivity index (χ3v) is 4.38. The van der Waals surface area contributed by atoms with Gasteiger partial charge in [-0.25, -0.2) is 4.79 Å². The van der Waals surface area contributed by atoms with Gasteiger partial charge in [-0.15, -0.1) is 0 Å². The van der Waals surface area contributed by atoms with E-state index >= 15 is 0 Å². The van der Waals surface area contributed by atoms with Crippen molar-refractivity contribution in [2.45, 2.75) is 45.4 Å². The Morgan fingerprint density at radius 3 is 2.55 bits per heavy atom. The molecular weight excluding hydrogens is 256 g/mol. The topological polar surface area (TPSA) is 69.6 Å². The average Bonchev–Trinajstić information content (AvgIpc) is 3.19. The van der Waals surface area contributed by atoms with Gasteiger partial charge in [0.2, 0.25) is 0 Å². The predicted octanol–water partition coefficient (Wildman–Crippen LogP) is 2.32. The molecule has 0 aromatic rings. The zero-order chi connectivity index (χ0) is 14.5. The van der Waals surface area contributed by atoms with E-state index < -0.39 is 5.97 Å². The number of carbonyl (C=O) groups excluding carboxylic acids is 1. The first-order chi connectivity index (χ1) is 9.54. The van der Waals surface area contributed by atoms with Crippen LogP contribution in [-0.2, 0) is 4.79 Å². The highest BCUT2D eigenvalue weighted by atomic mass is 16.4. The molecule has 2 aliphatic rings. The van der Waals surface area contributed by atoms with E-state index in [0.29, 0.717) is 24.9 Å². The van der Waals surface area contributed by atoms with Crippen LogP contribution in [0.15, 0.2) is 0 Å². The number of amides is 2. The number of aliphatic carboxylic acids is 1. The molecule has 2 aliphatic carbocycles. The number of nitrogens with one attached hydrogen (secondary N) is 1. The molecule has 0 aromatic heterocycles. The van der Waals surface area contributed by atoms with Crippen LogP contribution in [0.4, 0.5) is 4.79 Å². The highest BCUT2D eigenvalue weighted by Gasteiger charge is 2.28. The van der Waals surface area contributed by atoms with Gasteiger partial charge in [0.25, 0.3) is 0 Å². The van der Waals surface area contributed by atoms with Crippen LogP contribution in [0.2, 0.25) is 0 Å². The van der Waals surface area contributed by atoms with Gasteiger partial charge in [0.05, 0.1) is 0 Å². The standard InChI is InChI=1S/C15H26N2O3/c1-11-3-2-4-13(7-11)8-16-15(20)17(10-14(18)19)9-12-5-6-12/h11-13H,2-10H2,1H3,(H,16,20)(H,18,19). The normalized spacial score (nSPS) is 26.1. The molecule has 2 unspecified atom stereocenters. The van der Waals surface area contributed by atoms with Gasteiger partial charge in [-0.1, -0.05) is 19.8 Å². The van der Waals surface area contributed by atoms with Crippen LogP contribution in [0.1, 0.15) is 45.4 Å². The third kappa shape index (κ3) is 5.02. The fraction of sp³-hybridized carbons (Fsp3) is 0.867. The summed E-state index contributed by atoms with van der Waals surface area (Å²) in [6.45, 7) is 3.34. The van der Waals surface area contributed by atoms with E-state index in [2.05, 4.69) is 12.2 Å². The van der Waals surface area contributed by atoms with Gasteiger partial charge in [0.1, 0.15) is 6.54 Å². The number of hydrogen-bond donors (Lipinski definition) is 2. The Kier molecular flexibility index (Phi) is 5.26. The Bertz CT molecular complexity index is 355. The predicted molar refractivity (Wildman–Crippen MR) is 76.5 cm³/mol. The maximum atomic E-state index is 12.1. The minimum atomic E-state index is -0.938. The molecule has 2 atom stereocenters. The number of nitrogens with zero attached hydrogens (tertiary/aromatic N) is 1. The lowest BCUT2D eigenvalue weighted by molar-refractivity contribution is -0.137. The van der Waals surface area contributed by atoms with E-state index in [9.17, 15) is 9.59 Å². The van der Waals surface area contributed by atoms with Gasteiger partial charge >= 0.3 is 12.0 Å². The molecule has 0 radical (unpaired) electrons. The zero-order valence-electron chi connectivity index (χ0n) is 12.3. The minimum absolute atomic E-state index is 0.191. The van der Waals surface area contributed by atoms with Gasteiger partial charge in [-0.05, 0) is 43.4 Å². The molecule has 2 rings (SSSR count). The number of urea groups is 1. The van der Waals surface area contributed by atoms with Gasteiger partial charge < -0.3 is 15.3 Å². The summed E-state index contributed by atoms with van der Waals surface area (Å²) in [6.07, 6.45) is 7.10. The quantitative estimate of drug-likeness (QED) is 0.785. The van der Waals surface area contributed by atoms with E-state index in [1.807, 2.05) is 0 Å². The Morgan fingerprint density at radius 2 is 1.95 bits per heavy atom. The van der Waals surface area contributed by atoms with Crippen molar-refractivity contribution in [2.24, 2.45) is 17.8 Å². The number of hydrogen-bond acceptors (Lipinski definition) is 2. The zero-order valence-corrected chi connectivity index (χ0v) is 12.3. The fourth-order valence-corrected chi connectivity index (χ4v) is 3.08. The second-order valence-corrected chi connectivity index (χ2v) is 6.54. The highest BCUT2D eigenvalue weighted by molar-refractivity contribution is 5.80. The van der Waals surface area contributed by atoms with Crippen molar-refractivity contribution < 1.29 is 14.7 Å². The fourth-order valence-electron chi connectivity index (χ4n) is 3.08. The van der Waals surface area contributed by atoms with Crippen molar-refractivity contribution in [3.63, 3.8) is 0 Å². The van der Waals surface area contributed by atoms with Crippen LogP contribution in [0.3, 0.4) is 0 Å². The smallest absolute Gasteiger partial charge is 0.323 e. The number of carbonyl (C=O) groups is 2. The SMILES string of the molecule is CC1CCCC(CNC(=O)N(CC(=O)O)CC2CC2)C1. The van der Waals surface area contributed by atoms with Crippen LogP contribution in [0.25, 0.3) is 0 Å². The van der Waals surface area contributed by atoms with Crippen LogP contribution in [0.5, 0.6) is 0 Å². The molecule has 0 saturated heterocycles. The molecule has 20 heavy (non-hydrogen) atoms. The van der Waals surface area contributed by atoms with Gasteiger partial charge in [-0.3, -0.25) is 4.79 Å². The van der Waals surface area contributed by atoms with E-state index in [-0.39, 0.29) is 12.6 Å². The minimum Gasteiger partial charge on any atom is -0.480 e. The summed E-state index contributed by atoms with van der Waals surface area (Å²) < 4.78 is 0. The summed E-state index contributed by atoms with van der Waals surface area (Å²) in [5.41, 5.74) is 0. The van der Waals surface area contributed by atoms with Crippen molar-refractivity contribution in [1.29, 1.82) is 0 Å². The molecule has 0 spiro atoms. The Balaban J connectivity index is 1.76. The van der Waals surface area contributed by atoms with Crippen molar-refractivity contribution >= 4 is 12.0 Å². The molecule has 2 saturated carbocycles. The number of rotatable bonds is 6. The second-order valence-electron chi connectivity index (χ2n) is 6.54. The summed E-state index contributed by atoms with van der Waals surface area (Å²) in [4.78, 5) is 24.4. The van der Waals surface area contributed by atoms with Crippen LogP contribution in [0, 0.1) is 17.8 Å². The number of carboxylic acid groups (broad SMARTS) is 1. The second kappa shape index (κ2) is 6.95. The van der Waals surface area contributed by atoms with Crippen LogP contribution < -0.4 is 5.32 Å². The first-order valence-corrected chi connectivity index (χ1v) is 7.79. The van der Waals surface area contributed by atoms with Crippen molar-refractivity contribution in [1.82, 2.24) is 10.2 Å². The molecule has 0 heterocycles.